The monoisotopic (exact) mass is 297 g/mol. The molecule has 2 aliphatic heterocycles. The smallest absolute Gasteiger partial charge is 0.144 e. The first kappa shape index (κ1) is 12.6. The molecule has 0 radical (unpaired) electrons. The molecule has 2 N–H and O–H groups in total. The Morgan fingerprint density at radius 2 is 2.24 bits per heavy atom. The van der Waals surface area contributed by atoms with Gasteiger partial charge in [0.15, 0.2) is 0 Å². The van der Waals surface area contributed by atoms with Gasteiger partial charge in [0.05, 0.1) is 19.0 Å². The highest BCUT2D eigenvalue weighted by atomic mass is 32.1. The van der Waals surface area contributed by atoms with Crippen molar-refractivity contribution in [3.63, 3.8) is 0 Å². The Balaban J connectivity index is 1.67. The molecule has 4 rings (SSSR count). The SMILES string of the molecule is OCC1=CC2C(N=CN2c2cccc(-c3ccsc3)c2)N1. The highest BCUT2D eigenvalue weighted by Gasteiger charge is 2.34. The summed E-state index contributed by atoms with van der Waals surface area (Å²) in [5.74, 6) is 0. The maximum atomic E-state index is 9.25. The van der Waals surface area contributed by atoms with Crippen LogP contribution in [0.15, 0.2) is 57.9 Å². The van der Waals surface area contributed by atoms with Gasteiger partial charge in [0.25, 0.3) is 0 Å². The third kappa shape index (κ3) is 2.14. The van der Waals surface area contributed by atoms with E-state index in [0.29, 0.717) is 0 Å². The van der Waals surface area contributed by atoms with E-state index in [1.807, 2.05) is 6.34 Å². The molecule has 0 saturated heterocycles. The van der Waals surface area contributed by atoms with Crippen LogP contribution in [0.4, 0.5) is 5.69 Å². The highest BCUT2D eigenvalue weighted by Crippen LogP contribution is 2.30. The van der Waals surface area contributed by atoms with Gasteiger partial charge in [-0.3, -0.25) is 0 Å². The molecule has 0 saturated carbocycles. The van der Waals surface area contributed by atoms with E-state index in [-0.39, 0.29) is 18.8 Å². The number of aliphatic hydroxyl groups excluding tert-OH is 1. The molecule has 2 unspecified atom stereocenters. The van der Waals surface area contributed by atoms with Crippen LogP contribution in [0.1, 0.15) is 0 Å². The number of aliphatic imine (C=N–C) groups is 1. The average Bonchev–Trinajstić information content (AvgIpc) is 3.23. The summed E-state index contributed by atoms with van der Waals surface area (Å²) in [6, 6.07) is 10.7. The lowest BCUT2D eigenvalue weighted by Gasteiger charge is -2.22. The van der Waals surface area contributed by atoms with Gasteiger partial charge in [-0.15, -0.1) is 0 Å². The molecule has 0 amide bonds. The van der Waals surface area contributed by atoms with Crippen LogP contribution in [0.25, 0.3) is 11.1 Å². The third-order valence-corrected chi connectivity index (χ3v) is 4.55. The van der Waals surface area contributed by atoms with Crippen molar-refractivity contribution < 1.29 is 5.11 Å². The van der Waals surface area contributed by atoms with E-state index in [1.54, 1.807) is 11.3 Å². The number of benzene rings is 1. The van der Waals surface area contributed by atoms with Crippen molar-refractivity contribution in [1.29, 1.82) is 0 Å². The first-order valence-corrected chi connectivity index (χ1v) is 7.82. The van der Waals surface area contributed by atoms with Crippen LogP contribution < -0.4 is 10.2 Å². The summed E-state index contributed by atoms with van der Waals surface area (Å²) in [5, 5.41) is 16.7. The van der Waals surface area contributed by atoms with E-state index in [0.717, 1.165) is 11.4 Å². The van der Waals surface area contributed by atoms with Crippen LogP contribution in [0.2, 0.25) is 0 Å². The number of hydrogen-bond acceptors (Lipinski definition) is 5. The van der Waals surface area contributed by atoms with Crippen molar-refractivity contribution >= 4 is 23.4 Å². The zero-order valence-corrected chi connectivity index (χ0v) is 12.1. The molecule has 2 atom stereocenters. The van der Waals surface area contributed by atoms with Crippen LogP contribution in [-0.2, 0) is 0 Å². The Labute approximate surface area is 127 Å². The molecule has 0 spiro atoms. The Morgan fingerprint density at radius 1 is 1.29 bits per heavy atom. The van der Waals surface area contributed by atoms with Gasteiger partial charge in [-0.05, 0) is 46.2 Å². The predicted molar refractivity (Wildman–Crippen MR) is 86.6 cm³/mol. The third-order valence-electron chi connectivity index (χ3n) is 3.87. The summed E-state index contributed by atoms with van der Waals surface area (Å²) in [4.78, 5) is 6.62. The molecule has 0 bridgehead atoms. The summed E-state index contributed by atoms with van der Waals surface area (Å²) >= 11 is 1.70. The zero-order valence-electron chi connectivity index (χ0n) is 11.3. The van der Waals surface area contributed by atoms with Gasteiger partial charge in [0.2, 0.25) is 0 Å². The van der Waals surface area contributed by atoms with Gasteiger partial charge < -0.3 is 15.3 Å². The second kappa shape index (κ2) is 5.02. The highest BCUT2D eigenvalue weighted by molar-refractivity contribution is 7.08. The number of aliphatic hydroxyl groups is 1. The van der Waals surface area contributed by atoms with Gasteiger partial charge in [0, 0.05) is 11.4 Å². The Hall–Kier alpha value is -2.11. The molecule has 106 valence electrons. The molecule has 21 heavy (non-hydrogen) atoms. The first-order valence-electron chi connectivity index (χ1n) is 6.87. The van der Waals surface area contributed by atoms with Gasteiger partial charge in [-0.1, -0.05) is 12.1 Å². The normalized spacial score (nSPS) is 23.1. The number of nitrogens with zero attached hydrogens (tertiary/aromatic N) is 2. The molecule has 2 aromatic rings. The number of rotatable bonds is 3. The van der Waals surface area contributed by atoms with E-state index in [9.17, 15) is 5.11 Å². The topological polar surface area (TPSA) is 47.9 Å². The lowest BCUT2D eigenvalue weighted by molar-refractivity contribution is 0.321. The second-order valence-corrected chi connectivity index (χ2v) is 5.94. The quantitative estimate of drug-likeness (QED) is 0.915. The van der Waals surface area contributed by atoms with Crippen molar-refractivity contribution in [3.05, 3.63) is 52.9 Å². The Bertz CT molecular complexity index is 708. The van der Waals surface area contributed by atoms with Crippen molar-refractivity contribution in [1.82, 2.24) is 5.32 Å². The molecule has 1 aromatic carbocycles. The molecular weight excluding hydrogens is 282 g/mol. The zero-order chi connectivity index (χ0) is 14.2. The summed E-state index contributed by atoms with van der Waals surface area (Å²) in [7, 11) is 0. The van der Waals surface area contributed by atoms with E-state index in [1.165, 1.54) is 11.1 Å². The van der Waals surface area contributed by atoms with Crippen LogP contribution in [0.5, 0.6) is 0 Å². The van der Waals surface area contributed by atoms with E-state index < -0.39 is 0 Å². The Kier molecular flexibility index (Phi) is 3.02. The molecule has 5 heteroatoms. The van der Waals surface area contributed by atoms with Gasteiger partial charge in [-0.2, -0.15) is 11.3 Å². The van der Waals surface area contributed by atoms with Gasteiger partial charge >= 0.3 is 0 Å². The van der Waals surface area contributed by atoms with E-state index in [4.69, 9.17) is 0 Å². The minimum Gasteiger partial charge on any atom is -0.390 e. The number of anilines is 1. The maximum Gasteiger partial charge on any atom is 0.144 e. The predicted octanol–water partition coefficient (Wildman–Crippen LogP) is 2.44. The summed E-state index contributed by atoms with van der Waals surface area (Å²) < 4.78 is 0. The van der Waals surface area contributed by atoms with E-state index >= 15 is 0 Å². The average molecular weight is 297 g/mol. The fourth-order valence-corrected chi connectivity index (χ4v) is 3.48. The molecular formula is C16H15N3OS. The lowest BCUT2D eigenvalue weighted by atomic mass is 10.1. The van der Waals surface area contributed by atoms with Crippen molar-refractivity contribution in [2.75, 3.05) is 11.5 Å². The van der Waals surface area contributed by atoms with Crippen LogP contribution >= 0.6 is 11.3 Å². The Morgan fingerprint density at radius 3 is 3.05 bits per heavy atom. The van der Waals surface area contributed by atoms with Crippen LogP contribution in [0, 0.1) is 0 Å². The molecule has 2 aliphatic rings. The number of hydrogen-bond donors (Lipinski definition) is 2. The van der Waals surface area contributed by atoms with Crippen LogP contribution in [0.3, 0.4) is 0 Å². The van der Waals surface area contributed by atoms with Crippen molar-refractivity contribution in [3.8, 4) is 11.1 Å². The van der Waals surface area contributed by atoms with Crippen LogP contribution in [-0.4, -0.2) is 30.3 Å². The number of thiophene rings is 1. The fourth-order valence-electron chi connectivity index (χ4n) is 2.81. The first-order chi connectivity index (χ1) is 10.3. The number of nitrogens with one attached hydrogen (secondary N) is 1. The van der Waals surface area contributed by atoms with Gasteiger partial charge in [-0.25, -0.2) is 4.99 Å². The molecule has 3 heterocycles. The maximum absolute atomic E-state index is 9.25. The fraction of sp³-hybridized carbons (Fsp3) is 0.188. The molecule has 0 fully saturated rings. The van der Waals surface area contributed by atoms with Crippen molar-refractivity contribution in [2.45, 2.75) is 12.2 Å². The summed E-state index contributed by atoms with van der Waals surface area (Å²) in [6.07, 6.45) is 3.94. The van der Waals surface area contributed by atoms with E-state index in [2.05, 4.69) is 62.4 Å². The minimum atomic E-state index is 0.0111. The summed E-state index contributed by atoms with van der Waals surface area (Å²) in [6.45, 7) is 0.0330. The molecule has 0 aliphatic carbocycles. The second-order valence-electron chi connectivity index (χ2n) is 5.16. The van der Waals surface area contributed by atoms with Gasteiger partial charge in [0.1, 0.15) is 6.17 Å². The standard InChI is InChI=1S/C16H15N3OS/c20-8-13-7-15-16(18-13)17-10-19(15)14-3-1-2-11(6-14)12-4-5-21-9-12/h1-7,9-10,15-16,18,20H,8H2. The van der Waals surface area contributed by atoms with Crippen molar-refractivity contribution in [2.24, 2.45) is 4.99 Å². The number of fused-ring (bicyclic) bond motifs is 1. The summed E-state index contributed by atoms with van der Waals surface area (Å²) in [5.41, 5.74) is 4.42. The lowest BCUT2D eigenvalue weighted by Crippen LogP contribution is -2.36. The molecule has 1 aromatic heterocycles. The minimum absolute atomic E-state index is 0.0111. The molecule has 4 nitrogen and oxygen atoms in total. The largest absolute Gasteiger partial charge is 0.390 e.